The summed E-state index contributed by atoms with van der Waals surface area (Å²) >= 11 is 6.14. The third kappa shape index (κ3) is 6.12. The van der Waals surface area contributed by atoms with Crippen molar-refractivity contribution in [1.29, 1.82) is 0 Å². The molecule has 1 N–H and O–H groups in total. The summed E-state index contributed by atoms with van der Waals surface area (Å²) in [5.74, 6) is 0.172. The van der Waals surface area contributed by atoms with Gasteiger partial charge in [-0.05, 0) is 50.8 Å². The largest absolute Gasteiger partial charge is 0.462 e. The molecule has 2 aromatic heterocycles. The standard InChI is InChI=1S/C23H27ClF3N3O2/c1-14(19(9-15-5-4-6-15)16-10-18(24)13-28-11-16)30-21(31)22(2,3)32-20-8-7-17(12-29-20)23(25,26)27/h7-8,10-15,19H,4-6,9H2,1-3H3,(H,30,31). The second-order valence-corrected chi connectivity index (χ2v) is 9.27. The average molecular weight is 470 g/mol. The quantitative estimate of drug-likeness (QED) is 0.532. The molecule has 0 aromatic carbocycles. The fourth-order valence-electron chi connectivity index (χ4n) is 3.74. The summed E-state index contributed by atoms with van der Waals surface area (Å²) in [4.78, 5) is 20.9. The molecular weight excluding hydrogens is 443 g/mol. The Morgan fingerprint density at radius 1 is 1.25 bits per heavy atom. The molecule has 0 aliphatic heterocycles. The predicted octanol–water partition coefficient (Wildman–Crippen LogP) is 5.78. The van der Waals surface area contributed by atoms with Crippen molar-refractivity contribution in [2.24, 2.45) is 5.92 Å². The van der Waals surface area contributed by atoms with E-state index in [1.165, 1.54) is 19.3 Å². The number of carbonyl (C=O) groups excluding carboxylic acids is 1. The number of carbonyl (C=O) groups is 1. The Labute approximate surface area is 190 Å². The lowest BCUT2D eigenvalue weighted by molar-refractivity contribution is -0.138. The Balaban J connectivity index is 1.69. The first-order chi connectivity index (χ1) is 15.0. The van der Waals surface area contributed by atoms with Gasteiger partial charge in [-0.3, -0.25) is 9.78 Å². The first-order valence-electron chi connectivity index (χ1n) is 10.6. The van der Waals surface area contributed by atoms with E-state index >= 15 is 0 Å². The number of ether oxygens (including phenoxy) is 1. The number of amides is 1. The van der Waals surface area contributed by atoms with Gasteiger partial charge in [-0.1, -0.05) is 30.9 Å². The third-order valence-corrected chi connectivity index (χ3v) is 6.11. The van der Waals surface area contributed by atoms with Crippen LogP contribution in [0.3, 0.4) is 0 Å². The highest BCUT2D eigenvalue weighted by atomic mass is 35.5. The highest BCUT2D eigenvalue weighted by molar-refractivity contribution is 6.30. The van der Waals surface area contributed by atoms with Gasteiger partial charge in [-0.25, -0.2) is 4.98 Å². The SMILES string of the molecule is CC(NC(=O)C(C)(C)Oc1ccc(C(F)(F)F)cn1)C(CC1CCC1)c1cncc(Cl)c1. The summed E-state index contributed by atoms with van der Waals surface area (Å²) in [6.07, 6.45) is 4.00. The number of halogens is 4. The van der Waals surface area contributed by atoms with Crippen molar-refractivity contribution in [3.8, 4) is 5.88 Å². The second-order valence-electron chi connectivity index (χ2n) is 8.83. The van der Waals surface area contributed by atoms with Crippen LogP contribution in [0.25, 0.3) is 0 Å². The molecule has 174 valence electrons. The van der Waals surface area contributed by atoms with Crippen molar-refractivity contribution in [2.45, 2.75) is 70.2 Å². The van der Waals surface area contributed by atoms with Gasteiger partial charge < -0.3 is 10.1 Å². The molecule has 1 amide bonds. The fraction of sp³-hybridized carbons (Fsp3) is 0.522. The Kier molecular flexibility index (Phi) is 7.32. The van der Waals surface area contributed by atoms with E-state index in [1.54, 1.807) is 26.2 Å². The minimum Gasteiger partial charge on any atom is -0.462 e. The number of aromatic nitrogens is 2. The van der Waals surface area contributed by atoms with Crippen LogP contribution in [0.2, 0.25) is 5.02 Å². The minimum absolute atomic E-state index is 0.0236. The van der Waals surface area contributed by atoms with Gasteiger partial charge >= 0.3 is 6.18 Å². The average Bonchev–Trinajstić information content (AvgIpc) is 2.66. The van der Waals surface area contributed by atoms with Crippen LogP contribution in [-0.4, -0.2) is 27.5 Å². The number of hydrogen-bond donors (Lipinski definition) is 1. The van der Waals surface area contributed by atoms with Gasteiger partial charge in [-0.15, -0.1) is 0 Å². The second kappa shape index (κ2) is 9.65. The van der Waals surface area contributed by atoms with Crippen LogP contribution in [0.1, 0.15) is 63.5 Å². The van der Waals surface area contributed by atoms with Crippen LogP contribution in [0.15, 0.2) is 36.8 Å². The van der Waals surface area contributed by atoms with E-state index in [0.29, 0.717) is 17.1 Å². The summed E-state index contributed by atoms with van der Waals surface area (Å²) in [5.41, 5.74) is -1.26. The Hall–Kier alpha value is -2.35. The smallest absolute Gasteiger partial charge is 0.417 e. The Morgan fingerprint density at radius 2 is 1.97 bits per heavy atom. The van der Waals surface area contributed by atoms with E-state index in [2.05, 4.69) is 15.3 Å². The van der Waals surface area contributed by atoms with Crippen molar-refractivity contribution in [3.05, 3.63) is 52.9 Å². The summed E-state index contributed by atoms with van der Waals surface area (Å²) in [6, 6.07) is 3.62. The molecule has 2 atom stereocenters. The van der Waals surface area contributed by atoms with Crippen molar-refractivity contribution in [3.63, 3.8) is 0 Å². The maximum atomic E-state index is 13.0. The number of rotatable bonds is 8. The van der Waals surface area contributed by atoms with E-state index < -0.39 is 17.3 Å². The molecule has 2 unspecified atom stereocenters. The van der Waals surface area contributed by atoms with Crippen LogP contribution < -0.4 is 10.1 Å². The van der Waals surface area contributed by atoms with Crippen molar-refractivity contribution < 1.29 is 22.7 Å². The van der Waals surface area contributed by atoms with Gasteiger partial charge in [0.25, 0.3) is 5.91 Å². The molecule has 0 radical (unpaired) electrons. The van der Waals surface area contributed by atoms with E-state index in [-0.39, 0.29) is 23.7 Å². The number of nitrogens with zero attached hydrogens (tertiary/aromatic N) is 2. The van der Waals surface area contributed by atoms with E-state index in [9.17, 15) is 18.0 Å². The Morgan fingerprint density at radius 3 is 2.50 bits per heavy atom. The van der Waals surface area contributed by atoms with Crippen molar-refractivity contribution >= 4 is 17.5 Å². The first kappa shape index (κ1) is 24.3. The molecule has 1 saturated carbocycles. The molecule has 0 bridgehead atoms. The van der Waals surface area contributed by atoms with Gasteiger partial charge in [0.1, 0.15) is 0 Å². The summed E-state index contributed by atoms with van der Waals surface area (Å²) in [5, 5.41) is 3.54. The molecule has 5 nitrogen and oxygen atoms in total. The minimum atomic E-state index is -4.49. The number of alkyl halides is 3. The zero-order valence-electron chi connectivity index (χ0n) is 18.2. The molecule has 0 saturated heterocycles. The summed E-state index contributed by atoms with van der Waals surface area (Å²) in [7, 11) is 0. The molecule has 0 spiro atoms. The van der Waals surface area contributed by atoms with Crippen LogP contribution in [0.4, 0.5) is 13.2 Å². The number of hydrogen-bond acceptors (Lipinski definition) is 4. The van der Waals surface area contributed by atoms with Gasteiger partial charge in [0.2, 0.25) is 5.88 Å². The molecule has 32 heavy (non-hydrogen) atoms. The normalized spacial score (nSPS) is 16.7. The topological polar surface area (TPSA) is 64.1 Å². The van der Waals surface area contributed by atoms with Crippen LogP contribution in [0.5, 0.6) is 5.88 Å². The van der Waals surface area contributed by atoms with E-state index in [0.717, 1.165) is 24.1 Å². The van der Waals surface area contributed by atoms with Gasteiger partial charge in [0.15, 0.2) is 5.60 Å². The maximum absolute atomic E-state index is 13.0. The monoisotopic (exact) mass is 469 g/mol. The highest BCUT2D eigenvalue weighted by Gasteiger charge is 2.35. The molecule has 2 aromatic rings. The zero-order chi connectivity index (χ0) is 23.5. The van der Waals surface area contributed by atoms with Crippen LogP contribution >= 0.6 is 11.6 Å². The molecule has 9 heteroatoms. The number of pyridine rings is 2. The molecular formula is C23H27ClF3N3O2. The van der Waals surface area contributed by atoms with Crippen molar-refractivity contribution in [1.82, 2.24) is 15.3 Å². The van der Waals surface area contributed by atoms with Gasteiger partial charge in [0, 0.05) is 36.6 Å². The van der Waals surface area contributed by atoms with Gasteiger partial charge in [0.05, 0.1) is 10.6 Å². The molecule has 1 fully saturated rings. The molecule has 3 rings (SSSR count). The third-order valence-electron chi connectivity index (χ3n) is 5.90. The van der Waals surface area contributed by atoms with E-state index in [4.69, 9.17) is 16.3 Å². The number of nitrogens with one attached hydrogen (secondary N) is 1. The first-order valence-corrected chi connectivity index (χ1v) is 11.0. The molecule has 2 heterocycles. The lowest BCUT2D eigenvalue weighted by Gasteiger charge is -2.34. The highest BCUT2D eigenvalue weighted by Crippen LogP contribution is 2.38. The lowest BCUT2D eigenvalue weighted by atomic mass is 9.75. The Bertz CT molecular complexity index is 931. The fourth-order valence-corrected chi connectivity index (χ4v) is 3.93. The molecule has 1 aliphatic carbocycles. The summed E-state index contributed by atoms with van der Waals surface area (Å²) in [6.45, 7) is 5.03. The molecule has 1 aliphatic rings. The lowest BCUT2D eigenvalue weighted by Crippen LogP contribution is -2.51. The van der Waals surface area contributed by atoms with Gasteiger partial charge in [-0.2, -0.15) is 13.2 Å². The van der Waals surface area contributed by atoms with Crippen LogP contribution in [0, 0.1) is 5.92 Å². The maximum Gasteiger partial charge on any atom is 0.417 e. The van der Waals surface area contributed by atoms with Crippen molar-refractivity contribution in [2.75, 3.05) is 0 Å². The van der Waals surface area contributed by atoms with E-state index in [1.807, 2.05) is 13.0 Å². The summed E-state index contributed by atoms with van der Waals surface area (Å²) < 4.78 is 43.8. The zero-order valence-corrected chi connectivity index (χ0v) is 19.0. The predicted molar refractivity (Wildman–Crippen MR) is 115 cm³/mol. The van der Waals surface area contributed by atoms with Crippen LogP contribution in [-0.2, 0) is 11.0 Å².